The van der Waals surface area contributed by atoms with Crippen LogP contribution in [0, 0.1) is 18.8 Å². The third-order valence-electron chi connectivity index (χ3n) is 4.67. The Morgan fingerprint density at radius 2 is 2.13 bits per heavy atom. The molecule has 1 N–H and O–H groups in total. The van der Waals surface area contributed by atoms with Crippen LogP contribution in [0.25, 0.3) is 10.2 Å². The monoisotopic (exact) mass is 333 g/mol. The van der Waals surface area contributed by atoms with Crippen molar-refractivity contribution in [2.75, 3.05) is 18.0 Å². The van der Waals surface area contributed by atoms with E-state index in [2.05, 4.69) is 29.1 Å². The summed E-state index contributed by atoms with van der Waals surface area (Å²) in [6, 6.07) is 0. The van der Waals surface area contributed by atoms with Gasteiger partial charge < -0.3 is 10.0 Å². The molecular weight excluding hydrogens is 306 g/mol. The smallest absolute Gasteiger partial charge is 0.141 e. The van der Waals surface area contributed by atoms with Gasteiger partial charge in [0.1, 0.15) is 16.5 Å². The first-order valence-electron chi connectivity index (χ1n) is 8.63. The van der Waals surface area contributed by atoms with Crippen LogP contribution in [0.15, 0.2) is 5.38 Å². The van der Waals surface area contributed by atoms with E-state index in [1.54, 1.807) is 11.3 Å². The van der Waals surface area contributed by atoms with Gasteiger partial charge in [-0.1, -0.05) is 13.8 Å². The summed E-state index contributed by atoms with van der Waals surface area (Å²) < 4.78 is 0. The van der Waals surface area contributed by atoms with E-state index in [0.29, 0.717) is 11.8 Å². The van der Waals surface area contributed by atoms with Gasteiger partial charge in [0.05, 0.1) is 11.5 Å². The Morgan fingerprint density at radius 3 is 2.83 bits per heavy atom. The van der Waals surface area contributed by atoms with Crippen molar-refractivity contribution in [1.29, 1.82) is 0 Å². The lowest BCUT2D eigenvalue weighted by Crippen LogP contribution is -2.40. The Hall–Kier alpha value is -1.20. The van der Waals surface area contributed by atoms with Gasteiger partial charge in [-0.25, -0.2) is 9.97 Å². The highest BCUT2D eigenvalue weighted by molar-refractivity contribution is 7.17. The van der Waals surface area contributed by atoms with Crippen LogP contribution in [-0.2, 0) is 6.42 Å². The number of nitrogens with zero attached hydrogens (tertiary/aromatic N) is 3. The molecule has 0 aromatic carbocycles. The SMILES string of the molecule is Cc1nc(N2CCCC(C(C)O)C2)c2c(CC(C)C)csc2n1. The normalized spacial score (nSPS) is 20.4. The molecule has 0 radical (unpaired) electrons. The molecule has 1 saturated heterocycles. The highest BCUT2D eigenvalue weighted by Crippen LogP contribution is 2.35. The molecule has 2 aromatic rings. The van der Waals surface area contributed by atoms with Gasteiger partial charge in [0, 0.05) is 19.0 Å². The van der Waals surface area contributed by atoms with Crippen LogP contribution in [0.5, 0.6) is 0 Å². The summed E-state index contributed by atoms with van der Waals surface area (Å²) in [5.41, 5.74) is 1.37. The van der Waals surface area contributed by atoms with Gasteiger partial charge in [-0.15, -0.1) is 11.3 Å². The second-order valence-corrected chi connectivity index (χ2v) is 8.08. The zero-order chi connectivity index (χ0) is 16.6. The largest absolute Gasteiger partial charge is 0.393 e. The molecule has 5 heteroatoms. The zero-order valence-electron chi connectivity index (χ0n) is 14.5. The summed E-state index contributed by atoms with van der Waals surface area (Å²) in [4.78, 5) is 12.9. The number of anilines is 1. The molecule has 23 heavy (non-hydrogen) atoms. The van der Waals surface area contributed by atoms with E-state index in [1.807, 2.05) is 13.8 Å². The maximum atomic E-state index is 9.99. The summed E-state index contributed by atoms with van der Waals surface area (Å²) in [6.45, 7) is 10.3. The van der Waals surface area contributed by atoms with Gasteiger partial charge >= 0.3 is 0 Å². The number of piperidine rings is 1. The molecule has 126 valence electrons. The minimum atomic E-state index is -0.256. The Balaban J connectivity index is 2.03. The van der Waals surface area contributed by atoms with Crippen molar-refractivity contribution in [1.82, 2.24) is 9.97 Å². The summed E-state index contributed by atoms with van der Waals surface area (Å²) in [5.74, 6) is 2.87. The maximum absolute atomic E-state index is 9.99. The quantitative estimate of drug-likeness (QED) is 0.925. The average molecular weight is 334 g/mol. The second kappa shape index (κ2) is 6.73. The highest BCUT2D eigenvalue weighted by Gasteiger charge is 2.26. The summed E-state index contributed by atoms with van der Waals surface area (Å²) >= 11 is 1.73. The van der Waals surface area contributed by atoms with Crippen LogP contribution >= 0.6 is 11.3 Å². The topological polar surface area (TPSA) is 49.2 Å². The van der Waals surface area contributed by atoms with E-state index in [9.17, 15) is 5.11 Å². The predicted molar refractivity (Wildman–Crippen MR) is 97.3 cm³/mol. The van der Waals surface area contributed by atoms with Crippen LogP contribution in [0.1, 0.15) is 45.0 Å². The molecule has 0 aliphatic carbocycles. The maximum Gasteiger partial charge on any atom is 0.141 e. The molecule has 1 aliphatic heterocycles. The minimum absolute atomic E-state index is 0.256. The standard InChI is InChI=1S/C18H27N3OS/c1-11(2)8-15-10-23-18-16(15)17(19-13(4)20-18)21-7-5-6-14(9-21)12(3)22/h10-12,14,22H,5-9H2,1-4H3. The van der Waals surface area contributed by atoms with Gasteiger partial charge in [-0.3, -0.25) is 0 Å². The third-order valence-corrected chi connectivity index (χ3v) is 5.59. The first-order valence-corrected chi connectivity index (χ1v) is 9.51. The fraction of sp³-hybridized carbons (Fsp3) is 0.667. The molecule has 0 spiro atoms. The van der Waals surface area contributed by atoms with E-state index >= 15 is 0 Å². The van der Waals surface area contributed by atoms with E-state index in [0.717, 1.165) is 48.8 Å². The number of aliphatic hydroxyl groups excluding tert-OH is 1. The number of hydrogen-bond acceptors (Lipinski definition) is 5. The summed E-state index contributed by atoms with van der Waals surface area (Å²) in [6.07, 6.45) is 3.02. The van der Waals surface area contributed by atoms with Gasteiger partial charge in [0.2, 0.25) is 0 Å². The molecule has 1 aliphatic rings. The van der Waals surface area contributed by atoms with E-state index in [1.165, 1.54) is 10.9 Å². The van der Waals surface area contributed by atoms with Crippen molar-refractivity contribution < 1.29 is 5.11 Å². The first kappa shape index (κ1) is 16.7. The molecule has 1 fully saturated rings. The van der Waals surface area contributed by atoms with Gasteiger partial charge in [0.15, 0.2) is 0 Å². The van der Waals surface area contributed by atoms with Crippen LogP contribution in [-0.4, -0.2) is 34.3 Å². The number of aliphatic hydroxyl groups is 1. The molecule has 0 saturated carbocycles. The lowest BCUT2D eigenvalue weighted by Gasteiger charge is -2.35. The second-order valence-electron chi connectivity index (χ2n) is 7.22. The van der Waals surface area contributed by atoms with Crippen molar-refractivity contribution in [2.45, 2.75) is 53.1 Å². The van der Waals surface area contributed by atoms with Crippen molar-refractivity contribution >= 4 is 27.4 Å². The van der Waals surface area contributed by atoms with Crippen molar-refractivity contribution in [3.05, 3.63) is 16.8 Å². The summed E-state index contributed by atoms with van der Waals surface area (Å²) in [7, 11) is 0. The van der Waals surface area contributed by atoms with Crippen LogP contribution in [0.2, 0.25) is 0 Å². The fourth-order valence-electron chi connectivity index (χ4n) is 3.50. The van der Waals surface area contributed by atoms with E-state index < -0.39 is 0 Å². The number of aromatic nitrogens is 2. The molecule has 2 aromatic heterocycles. The van der Waals surface area contributed by atoms with Gasteiger partial charge in [0.25, 0.3) is 0 Å². The molecular formula is C18H27N3OS. The lowest BCUT2D eigenvalue weighted by molar-refractivity contribution is 0.115. The minimum Gasteiger partial charge on any atom is -0.393 e. The van der Waals surface area contributed by atoms with Crippen LogP contribution in [0.4, 0.5) is 5.82 Å². The Labute approximate surface area is 142 Å². The first-order chi connectivity index (χ1) is 11.0. The lowest BCUT2D eigenvalue weighted by atomic mass is 9.93. The Bertz CT molecular complexity index is 680. The van der Waals surface area contributed by atoms with E-state index in [-0.39, 0.29) is 6.10 Å². The Kier molecular flexibility index (Phi) is 4.87. The number of aryl methyl sites for hydroxylation is 1. The third kappa shape index (κ3) is 3.50. The number of thiophene rings is 1. The van der Waals surface area contributed by atoms with Gasteiger partial charge in [-0.05, 0) is 50.0 Å². The molecule has 4 nitrogen and oxygen atoms in total. The average Bonchev–Trinajstić information content (AvgIpc) is 2.88. The van der Waals surface area contributed by atoms with Crippen LogP contribution < -0.4 is 4.90 Å². The van der Waals surface area contributed by atoms with Crippen LogP contribution in [0.3, 0.4) is 0 Å². The molecule has 3 rings (SSSR count). The number of hydrogen-bond donors (Lipinski definition) is 1. The summed E-state index contributed by atoms with van der Waals surface area (Å²) in [5, 5.41) is 13.5. The number of rotatable bonds is 4. The number of fused-ring (bicyclic) bond motifs is 1. The highest BCUT2D eigenvalue weighted by atomic mass is 32.1. The Morgan fingerprint density at radius 1 is 1.35 bits per heavy atom. The van der Waals surface area contributed by atoms with Crippen molar-refractivity contribution in [3.8, 4) is 0 Å². The van der Waals surface area contributed by atoms with Gasteiger partial charge in [-0.2, -0.15) is 0 Å². The predicted octanol–water partition coefficient (Wildman–Crippen LogP) is 3.80. The molecule has 0 amide bonds. The van der Waals surface area contributed by atoms with E-state index in [4.69, 9.17) is 4.98 Å². The zero-order valence-corrected chi connectivity index (χ0v) is 15.4. The van der Waals surface area contributed by atoms with Crippen molar-refractivity contribution in [2.24, 2.45) is 11.8 Å². The molecule has 3 heterocycles. The fourth-order valence-corrected chi connectivity index (χ4v) is 4.49. The molecule has 0 bridgehead atoms. The van der Waals surface area contributed by atoms with Crippen molar-refractivity contribution in [3.63, 3.8) is 0 Å². The molecule has 2 unspecified atom stereocenters. The molecule has 2 atom stereocenters.